The Morgan fingerprint density at radius 2 is 1.61 bits per heavy atom. The van der Waals surface area contributed by atoms with Gasteiger partial charge in [-0.1, -0.05) is 64.1 Å². The number of hydrogen-bond donors (Lipinski definition) is 1. The summed E-state index contributed by atoms with van der Waals surface area (Å²) >= 11 is 0. The van der Waals surface area contributed by atoms with E-state index in [0.717, 1.165) is 41.7 Å². The average Bonchev–Trinajstić information content (AvgIpc) is 3.07. The molecule has 1 aliphatic heterocycles. The molecule has 0 unspecified atom stereocenters. The molecule has 1 atom stereocenters. The van der Waals surface area contributed by atoms with Gasteiger partial charge in [0.25, 0.3) is 11.8 Å². The van der Waals surface area contributed by atoms with Gasteiger partial charge in [0.1, 0.15) is 11.8 Å². The Bertz CT molecular complexity index is 1100. The number of carbonyl (C=O) groups excluding carboxylic acids is 2. The minimum Gasteiger partial charge on any atom is -0.494 e. The third kappa shape index (κ3) is 6.61. The summed E-state index contributed by atoms with van der Waals surface area (Å²) in [4.78, 5) is 38.4. The Kier molecular flexibility index (Phi) is 9.04. The quantitative estimate of drug-likeness (QED) is 0.289. The summed E-state index contributed by atoms with van der Waals surface area (Å²) in [6.07, 6.45) is 5.64. The van der Waals surface area contributed by atoms with E-state index in [9.17, 15) is 19.5 Å². The number of nitrogens with zero attached hydrogens (tertiary/aromatic N) is 1. The molecule has 0 radical (unpaired) electrons. The van der Waals surface area contributed by atoms with E-state index < -0.39 is 29.2 Å². The summed E-state index contributed by atoms with van der Waals surface area (Å²) in [7, 11) is 0. The second kappa shape index (κ2) is 12.0. The predicted octanol–water partition coefficient (Wildman–Crippen LogP) is 5.58. The monoisotopic (exact) mass is 493 g/mol. The maximum atomic E-state index is 12.9. The molecule has 0 saturated carbocycles. The zero-order chi connectivity index (χ0) is 26.3. The van der Waals surface area contributed by atoms with E-state index in [1.165, 1.54) is 12.1 Å². The van der Waals surface area contributed by atoms with Crippen LogP contribution in [-0.2, 0) is 16.1 Å². The number of unbranched alkanes of at least 4 members (excludes halogenated alkanes) is 3. The third-order valence-corrected chi connectivity index (χ3v) is 6.14. The highest BCUT2D eigenvalue weighted by Gasteiger charge is 2.47. The molecule has 1 heterocycles. The first kappa shape index (κ1) is 27.1. The van der Waals surface area contributed by atoms with Crippen molar-refractivity contribution in [3.05, 3.63) is 71.3 Å². The van der Waals surface area contributed by atoms with E-state index in [2.05, 4.69) is 6.58 Å². The number of carboxylic acids is 1. The van der Waals surface area contributed by atoms with E-state index in [4.69, 9.17) is 9.47 Å². The molecule has 0 spiro atoms. The van der Waals surface area contributed by atoms with Gasteiger partial charge >= 0.3 is 5.97 Å². The van der Waals surface area contributed by atoms with E-state index in [1.807, 2.05) is 30.3 Å². The Labute approximate surface area is 212 Å². The number of benzene rings is 2. The maximum absolute atomic E-state index is 12.9. The molecule has 7 nitrogen and oxygen atoms in total. The van der Waals surface area contributed by atoms with Crippen LogP contribution in [-0.4, -0.2) is 47.0 Å². The lowest BCUT2D eigenvalue weighted by Crippen LogP contribution is -2.51. The average molecular weight is 494 g/mol. The van der Waals surface area contributed by atoms with Crippen molar-refractivity contribution >= 4 is 23.9 Å². The van der Waals surface area contributed by atoms with Gasteiger partial charge in [0.2, 0.25) is 0 Å². The van der Waals surface area contributed by atoms with Crippen LogP contribution in [0.3, 0.4) is 0 Å². The van der Waals surface area contributed by atoms with Crippen molar-refractivity contribution in [1.29, 1.82) is 0 Å². The SMILES string of the molecule is C=Cc1ccc(COCCCCCCOc2ccc3c(c2)C(=O)N([C@H](C(=O)O)C(C)(C)C)C3=O)cc1. The lowest BCUT2D eigenvalue weighted by atomic mass is 9.85. The van der Waals surface area contributed by atoms with Gasteiger partial charge in [-0.2, -0.15) is 0 Å². The molecule has 2 amide bonds. The number of amides is 2. The first-order valence-electron chi connectivity index (χ1n) is 12.3. The zero-order valence-electron chi connectivity index (χ0n) is 21.3. The van der Waals surface area contributed by atoms with Crippen LogP contribution in [0.2, 0.25) is 0 Å². The fraction of sp³-hybridized carbons (Fsp3) is 0.414. The van der Waals surface area contributed by atoms with Crippen molar-refractivity contribution in [3.63, 3.8) is 0 Å². The van der Waals surface area contributed by atoms with E-state index in [0.29, 0.717) is 25.6 Å². The van der Waals surface area contributed by atoms with Crippen molar-refractivity contribution in [3.8, 4) is 5.75 Å². The topological polar surface area (TPSA) is 93.1 Å². The number of carboxylic acid groups (broad SMARTS) is 1. The van der Waals surface area contributed by atoms with Crippen LogP contribution in [0.25, 0.3) is 6.08 Å². The number of imide groups is 1. The summed E-state index contributed by atoms with van der Waals surface area (Å²) < 4.78 is 11.5. The van der Waals surface area contributed by atoms with Gasteiger partial charge in [0.05, 0.1) is 24.3 Å². The molecule has 0 aliphatic carbocycles. The summed E-state index contributed by atoms with van der Waals surface area (Å²) in [6, 6.07) is 11.6. The number of ether oxygens (including phenoxy) is 2. The molecule has 0 saturated heterocycles. The summed E-state index contributed by atoms with van der Waals surface area (Å²) in [5.74, 6) is -1.90. The fourth-order valence-corrected chi connectivity index (χ4v) is 4.22. The smallest absolute Gasteiger partial charge is 0.327 e. The standard InChI is InChI=1S/C29H35NO6/c1-5-20-10-12-21(13-11-20)19-35-16-8-6-7-9-17-36-22-14-15-23-24(18-22)27(32)30(26(23)31)25(28(33)34)29(2,3)4/h5,10-15,18,25H,1,6-9,16-17,19H2,2-4H3,(H,33,34)/t25-/m1/s1. The van der Waals surface area contributed by atoms with E-state index >= 15 is 0 Å². The second-order valence-electron chi connectivity index (χ2n) is 10.1. The summed E-state index contributed by atoms with van der Waals surface area (Å²) in [5.41, 5.74) is 1.82. The molecule has 192 valence electrons. The van der Waals surface area contributed by atoms with Crippen LogP contribution in [0, 0.1) is 5.41 Å². The van der Waals surface area contributed by atoms with Gasteiger partial charge in [0, 0.05) is 6.61 Å². The van der Waals surface area contributed by atoms with Crippen LogP contribution in [0.5, 0.6) is 5.75 Å². The third-order valence-electron chi connectivity index (χ3n) is 6.14. The first-order chi connectivity index (χ1) is 17.1. The van der Waals surface area contributed by atoms with Gasteiger partial charge in [-0.25, -0.2) is 4.79 Å². The molecule has 2 aromatic carbocycles. The Morgan fingerprint density at radius 3 is 2.22 bits per heavy atom. The first-order valence-corrected chi connectivity index (χ1v) is 12.3. The fourth-order valence-electron chi connectivity index (χ4n) is 4.22. The van der Waals surface area contributed by atoms with Crippen LogP contribution in [0.15, 0.2) is 49.0 Å². The van der Waals surface area contributed by atoms with Crippen molar-refractivity contribution in [2.24, 2.45) is 5.41 Å². The highest BCUT2D eigenvalue weighted by Crippen LogP contribution is 2.34. The molecular weight excluding hydrogens is 458 g/mol. The van der Waals surface area contributed by atoms with Gasteiger partial charge in [-0.3, -0.25) is 14.5 Å². The van der Waals surface area contributed by atoms with Crippen molar-refractivity contribution < 1.29 is 29.0 Å². The molecule has 36 heavy (non-hydrogen) atoms. The van der Waals surface area contributed by atoms with Crippen LogP contribution >= 0.6 is 0 Å². The van der Waals surface area contributed by atoms with Gasteiger partial charge in [0.15, 0.2) is 0 Å². The Hall–Kier alpha value is -3.45. The molecule has 1 N–H and O–H groups in total. The number of fused-ring (bicyclic) bond motifs is 1. The van der Waals surface area contributed by atoms with E-state index in [-0.39, 0.29) is 11.1 Å². The van der Waals surface area contributed by atoms with Crippen LogP contribution in [0.4, 0.5) is 0 Å². The van der Waals surface area contributed by atoms with Gasteiger partial charge < -0.3 is 14.6 Å². The van der Waals surface area contributed by atoms with E-state index in [1.54, 1.807) is 26.8 Å². The molecule has 3 rings (SSSR count). The predicted molar refractivity (Wildman–Crippen MR) is 138 cm³/mol. The largest absolute Gasteiger partial charge is 0.494 e. The molecule has 0 aromatic heterocycles. The molecule has 2 aromatic rings. The highest BCUT2D eigenvalue weighted by molar-refractivity contribution is 6.22. The number of aliphatic carboxylic acids is 1. The Morgan fingerprint density at radius 1 is 0.972 bits per heavy atom. The normalized spacial score (nSPS) is 14.0. The Balaban J connectivity index is 1.40. The summed E-state index contributed by atoms with van der Waals surface area (Å²) in [6.45, 7) is 10.6. The van der Waals surface area contributed by atoms with Crippen molar-refractivity contribution in [1.82, 2.24) is 4.90 Å². The maximum Gasteiger partial charge on any atom is 0.327 e. The van der Waals surface area contributed by atoms with Crippen molar-refractivity contribution in [2.45, 2.75) is 59.1 Å². The van der Waals surface area contributed by atoms with Gasteiger partial charge in [-0.05, 0) is 54.0 Å². The number of rotatable bonds is 13. The minimum atomic E-state index is -1.25. The molecule has 1 aliphatic rings. The molecule has 0 bridgehead atoms. The van der Waals surface area contributed by atoms with Crippen LogP contribution in [0.1, 0.15) is 78.3 Å². The minimum absolute atomic E-state index is 0.185. The second-order valence-corrected chi connectivity index (χ2v) is 10.1. The lowest BCUT2D eigenvalue weighted by Gasteiger charge is -2.33. The number of carbonyl (C=O) groups is 3. The summed E-state index contributed by atoms with van der Waals surface area (Å²) in [5, 5.41) is 9.66. The molecule has 0 fully saturated rings. The van der Waals surface area contributed by atoms with Crippen LogP contribution < -0.4 is 4.74 Å². The lowest BCUT2D eigenvalue weighted by molar-refractivity contribution is -0.145. The molecule has 7 heteroatoms. The number of hydrogen-bond acceptors (Lipinski definition) is 5. The molecular formula is C29H35NO6. The van der Waals surface area contributed by atoms with Crippen molar-refractivity contribution in [2.75, 3.05) is 13.2 Å². The zero-order valence-corrected chi connectivity index (χ0v) is 21.3. The highest BCUT2D eigenvalue weighted by atomic mass is 16.5. The van der Waals surface area contributed by atoms with Gasteiger partial charge in [-0.15, -0.1) is 0 Å².